The van der Waals surface area contributed by atoms with Crippen molar-refractivity contribution >= 4 is 57.3 Å². The van der Waals surface area contributed by atoms with Crippen LogP contribution >= 0.6 is 46.4 Å². The normalized spacial score (nSPS) is 11.1. The van der Waals surface area contributed by atoms with Crippen molar-refractivity contribution in [1.82, 2.24) is 5.32 Å². The molecule has 0 atom stereocenters. The van der Waals surface area contributed by atoms with Gasteiger partial charge < -0.3 is 11.1 Å². The van der Waals surface area contributed by atoms with E-state index < -0.39 is 5.54 Å². The number of hydrogen-bond donors (Lipinski definition) is 2. The van der Waals surface area contributed by atoms with Gasteiger partial charge in [-0.05, 0) is 54.6 Å². The number of nitrogens with two attached hydrogens (primary N) is 1. The van der Waals surface area contributed by atoms with Gasteiger partial charge >= 0.3 is 0 Å². The van der Waals surface area contributed by atoms with Crippen molar-refractivity contribution in [2.45, 2.75) is 19.4 Å². The molecule has 17 heavy (non-hydrogen) atoms. The Morgan fingerprint density at radius 2 is 2.12 bits per heavy atom. The van der Waals surface area contributed by atoms with E-state index in [1.54, 1.807) is 32.0 Å². The second-order valence-corrected chi connectivity index (χ2v) is 6.08. The summed E-state index contributed by atoms with van der Waals surface area (Å²) in [4.78, 5) is 12.2. The van der Waals surface area contributed by atoms with Crippen molar-refractivity contribution in [3.8, 4) is 0 Å². The third kappa shape index (κ3) is 3.79. The van der Waals surface area contributed by atoms with E-state index in [1.165, 1.54) is 0 Å². The van der Waals surface area contributed by atoms with Gasteiger partial charge in [-0.15, -0.1) is 0 Å². The van der Waals surface area contributed by atoms with Crippen LogP contribution in [0.25, 0.3) is 0 Å². The summed E-state index contributed by atoms with van der Waals surface area (Å²) in [6, 6.07) is 5.11. The molecule has 0 aliphatic carbocycles. The van der Waals surface area contributed by atoms with Crippen LogP contribution in [-0.2, 0) is 0 Å². The minimum absolute atomic E-state index is 0.238. The van der Waals surface area contributed by atoms with E-state index in [4.69, 9.17) is 29.6 Å². The first-order valence-corrected chi connectivity index (χ1v) is 6.68. The van der Waals surface area contributed by atoms with Crippen LogP contribution in [0.2, 0.25) is 5.02 Å². The van der Waals surface area contributed by atoms with Crippen LogP contribution in [0.3, 0.4) is 0 Å². The molecule has 1 amide bonds. The molecule has 0 saturated heterocycles. The number of hydrogen-bond acceptors (Lipinski definition) is 2. The maximum Gasteiger partial charge on any atom is 0.252 e. The SMILES string of the molecule is CC(C)(NC(=O)c1ccc(I)c(Cl)c1)C(N)=S. The van der Waals surface area contributed by atoms with E-state index in [9.17, 15) is 4.79 Å². The Bertz CT molecular complexity index is 477. The highest BCUT2D eigenvalue weighted by Crippen LogP contribution is 2.20. The fraction of sp³-hybridized carbons (Fsp3) is 0.273. The first-order chi connectivity index (χ1) is 7.74. The molecule has 0 heterocycles. The first kappa shape index (κ1) is 14.7. The smallest absolute Gasteiger partial charge is 0.252 e. The van der Waals surface area contributed by atoms with E-state index in [1.807, 2.05) is 0 Å². The Balaban J connectivity index is 2.91. The average molecular weight is 383 g/mol. The van der Waals surface area contributed by atoms with Crippen molar-refractivity contribution < 1.29 is 4.79 Å². The summed E-state index contributed by atoms with van der Waals surface area (Å²) in [5.74, 6) is -0.249. The molecule has 1 aromatic rings. The molecule has 1 rings (SSSR count). The van der Waals surface area contributed by atoms with Gasteiger partial charge in [0.05, 0.1) is 15.6 Å². The third-order valence-corrected chi connectivity index (χ3v) is 4.31. The predicted molar refractivity (Wildman–Crippen MR) is 82.5 cm³/mol. The lowest BCUT2D eigenvalue weighted by Gasteiger charge is -2.24. The van der Waals surface area contributed by atoms with Gasteiger partial charge in [0.2, 0.25) is 0 Å². The molecule has 1 aromatic carbocycles. The zero-order valence-electron chi connectivity index (χ0n) is 9.38. The highest BCUT2D eigenvalue weighted by Gasteiger charge is 2.24. The lowest BCUT2D eigenvalue weighted by atomic mass is 10.1. The Morgan fingerprint density at radius 1 is 1.53 bits per heavy atom. The van der Waals surface area contributed by atoms with Crippen LogP contribution in [-0.4, -0.2) is 16.4 Å². The van der Waals surface area contributed by atoms with E-state index >= 15 is 0 Å². The van der Waals surface area contributed by atoms with Crippen molar-refractivity contribution in [2.75, 3.05) is 0 Å². The Morgan fingerprint density at radius 3 is 2.59 bits per heavy atom. The van der Waals surface area contributed by atoms with Gasteiger partial charge in [-0.1, -0.05) is 23.8 Å². The number of nitrogens with one attached hydrogen (secondary N) is 1. The molecule has 0 radical (unpaired) electrons. The number of amides is 1. The molecule has 0 aliphatic heterocycles. The summed E-state index contributed by atoms with van der Waals surface area (Å²) < 4.78 is 0.898. The molecule has 0 fully saturated rings. The lowest BCUT2D eigenvalue weighted by molar-refractivity contribution is 0.0932. The molecule has 92 valence electrons. The van der Waals surface area contributed by atoms with Crippen LogP contribution in [0, 0.1) is 3.57 Å². The van der Waals surface area contributed by atoms with Gasteiger partial charge in [-0.3, -0.25) is 4.79 Å². The van der Waals surface area contributed by atoms with Gasteiger partial charge in [-0.25, -0.2) is 0 Å². The number of thiocarbonyl (C=S) groups is 1. The monoisotopic (exact) mass is 382 g/mol. The molecule has 0 unspecified atom stereocenters. The molecule has 3 N–H and O–H groups in total. The number of halogens is 2. The molecule has 0 spiro atoms. The Hall–Kier alpha value is -0.400. The Kier molecular flexibility index (Phi) is 4.74. The summed E-state index contributed by atoms with van der Waals surface area (Å²) in [5, 5.41) is 3.30. The lowest BCUT2D eigenvalue weighted by Crippen LogP contribution is -2.52. The van der Waals surface area contributed by atoms with Gasteiger partial charge in [-0.2, -0.15) is 0 Å². The van der Waals surface area contributed by atoms with Crippen LogP contribution < -0.4 is 11.1 Å². The van der Waals surface area contributed by atoms with Crippen molar-refractivity contribution in [3.05, 3.63) is 32.4 Å². The standard InChI is InChI=1S/C11H12ClIN2OS/c1-11(2,10(14)17)15-9(16)6-3-4-8(13)7(12)5-6/h3-5H,1-2H3,(H2,14,17)(H,15,16). The van der Waals surface area contributed by atoms with E-state index in [0.29, 0.717) is 10.6 Å². The zero-order chi connectivity index (χ0) is 13.2. The number of rotatable bonds is 3. The van der Waals surface area contributed by atoms with Gasteiger partial charge in [0.15, 0.2) is 0 Å². The number of carbonyl (C=O) groups excluding carboxylic acids is 1. The predicted octanol–water partition coefficient (Wildman–Crippen LogP) is 2.74. The number of carbonyl (C=O) groups is 1. The maximum atomic E-state index is 11.9. The van der Waals surface area contributed by atoms with Crippen LogP contribution in [0.1, 0.15) is 24.2 Å². The quantitative estimate of drug-likeness (QED) is 0.624. The molecular formula is C11H12ClIN2OS. The van der Waals surface area contributed by atoms with Crippen molar-refractivity contribution in [3.63, 3.8) is 0 Å². The second-order valence-electron chi connectivity index (χ2n) is 4.07. The summed E-state index contributed by atoms with van der Waals surface area (Å²) in [5.41, 5.74) is 5.31. The molecule has 0 aromatic heterocycles. The minimum Gasteiger partial charge on any atom is -0.391 e. The molecule has 0 bridgehead atoms. The van der Waals surface area contributed by atoms with Gasteiger partial charge in [0.25, 0.3) is 5.91 Å². The number of benzene rings is 1. The fourth-order valence-corrected chi connectivity index (χ4v) is 1.62. The van der Waals surface area contributed by atoms with Crippen molar-refractivity contribution in [1.29, 1.82) is 0 Å². The fourth-order valence-electron chi connectivity index (χ4n) is 1.05. The van der Waals surface area contributed by atoms with Crippen molar-refractivity contribution in [2.24, 2.45) is 5.73 Å². The second kappa shape index (κ2) is 5.49. The average Bonchev–Trinajstić information content (AvgIpc) is 2.21. The molecule has 3 nitrogen and oxygen atoms in total. The Labute approximate surface area is 124 Å². The highest BCUT2D eigenvalue weighted by atomic mass is 127. The first-order valence-electron chi connectivity index (χ1n) is 4.81. The third-order valence-electron chi connectivity index (χ3n) is 2.22. The summed E-state index contributed by atoms with van der Waals surface area (Å²) in [7, 11) is 0. The van der Waals surface area contributed by atoms with Gasteiger partial charge in [0, 0.05) is 9.13 Å². The molecule has 0 saturated carbocycles. The highest BCUT2D eigenvalue weighted by molar-refractivity contribution is 14.1. The maximum absolute atomic E-state index is 11.9. The van der Waals surface area contributed by atoms with Gasteiger partial charge in [0.1, 0.15) is 0 Å². The van der Waals surface area contributed by atoms with Crippen LogP contribution in [0.5, 0.6) is 0 Å². The van der Waals surface area contributed by atoms with Crippen LogP contribution in [0.4, 0.5) is 0 Å². The zero-order valence-corrected chi connectivity index (χ0v) is 13.1. The summed E-state index contributed by atoms with van der Waals surface area (Å²) >= 11 is 12.9. The molecular weight excluding hydrogens is 371 g/mol. The molecule has 0 aliphatic rings. The molecule has 6 heteroatoms. The minimum atomic E-state index is -0.720. The summed E-state index contributed by atoms with van der Waals surface area (Å²) in [6.45, 7) is 3.50. The van der Waals surface area contributed by atoms with Crippen LogP contribution in [0.15, 0.2) is 18.2 Å². The largest absolute Gasteiger partial charge is 0.391 e. The topological polar surface area (TPSA) is 55.1 Å². The van der Waals surface area contributed by atoms with E-state index in [0.717, 1.165) is 3.57 Å². The summed E-state index contributed by atoms with van der Waals surface area (Å²) in [6.07, 6.45) is 0. The van der Waals surface area contributed by atoms with E-state index in [-0.39, 0.29) is 10.9 Å². The van der Waals surface area contributed by atoms with E-state index in [2.05, 4.69) is 27.9 Å².